The van der Waals surface area contributed by atoms with Gasteiger partial charge in [-0.15, -0.1) is 0 Å². The van der Waals surface area contributed by atoms with Crippen molar-refractivity contribution >= 4 is 16.7 Å². The van der Waals surface area contributed by atoms with Crippen molar-refractivity contribution in [3.05, 3.63) is 42.5 Å². The average molecular weight is 296 g/mol. The molecule has 22 heavy (non-hydrogen) atoms. The highest BCUT2D eigenvalue weighted by Crippen LogP contribution is 2.20. The molecule has 0 heterocycles. The SMILES string of the molecule is CCN(CC(C)C#N)C(=O)COc1ccc2ccccc2c1. The fourth-order valence-corrected chi connectivity index (χ4v) is 2.27. The second-order valence-electron chi connectivity index (χ2n) is 5.26. The highest BCUT2D eigenvalue weighted by molar-refractivity contribution is 5.84. The van der Waals surface area contributed by atoms with Gasteiger partial charge in [0.15, 0.2) is 6.61 Å². The fourth-order valence-electron chi connectivity index (χ4n) is 2.27. The lowest BCUT2D eigenvalue weighted by Crippen LogP contribution is -2.37. The zero-order valence-electron chi connectivity index (χ0n) is 13.0. The molecule has 2 aromatic rings. The molecule has 0 aliphatic heterocycles. The van der Waals surface area contributed by atoms with E-state index in [0.717, 1.165) is 10.8 Å². The molecule has 0 aromatic heterocycles. The van der Waals surface area contributed by atoms with E-state index < -0.39 is 0 Å². The van der Waals surface area contributed by atoms with Crippen LogP contribution in [0.15, 0.2) is 42.5 Å². The van der Waals surface area contributed by atoms with Gasteiger partial charge in [-0.3, -0.25) is 4.79 Å². The third kappa shape index (κ3) is 3.98. The molecule has 114 valence electrons. The first kappa shape index (κ1) is 15.8. The maximum atomic E-state index is 12.2. The number of hydrogen-bond donors (Lipinski definition) is 0. The summed E-state index contributed by atoms with van der Waals surface area (Å²) in [5.41, 5.74) is 0. The molecule has 0 saturated heterocycles. The number of carbonyl (C=O) groups is 1. The molecule has 0 spiro atoms. The number of nitrogens with zero attached hydrogens (tertiary/aromatic N) is 2. The van der Waals surface area contributed by atoms with Gasteiger partial charge < -0.3 is 9.64 Å². The van der Waals surface area contributed by atoms with Gasteiger partial charge in [-0.1, -0.05) is 30.3 Å². The van der Waals surface area contributed by atoms with Gasteiger partial charge in [-0.05, 0) is 36.8 Å². The van der Waals surface area contributed by atoms with E-state index in [1.807, 2.05) is 49.4 Å². The van der Waals surface area contributed by atoms with Crippen LogP contribution in [0, 0.1) is 17.2 Å². The van der Waals surface area contributed by atoms with E-state index in [-0.39, 0.29) is 18.4 Å². The first-order chi connectivity index (χ1) is 10.6. The monoisotopic (exact) mass is 296 g/mol. The highest BCUT2D eigenvalue weighted by atomic mass is 16.5. The van der Waals surface area contributed by atoms with Crippen molar-refractivity contribution in [1.29, 1.82) is 5.26 Å². The van der Waals surface area contributed by atoms with Crippen LogP contribution in [0.3, 0.4) is 0 Å². The summed E-state index contributed by atoms with van der Waals surface area (Å²) in [5.74, 6) is 0.402. The number of likely N-dealkylation sites (N-methyl/N-ethyl adjacent to an activating group) is 1. The Morgan fingerprint density at radius 3 is 2.68 bits per heavy atom. The van der Waals surface area contributed by atoms with Crippen LogP contribution in [0.1, 0.15) is 13.8 Å². The molecule has 0 aliphatic rings. The molecular formula is C18H20N2O2. The molecule has 2 rings (SSSR count). The van der Waals surface area contributed by atoms with E-state index in [4.69, 9.17) is 10.00 Å². The van der Waals surface area contributed by atoms with Crippen molar-refractivity contribution in [2.75, 3.05) is 19.7 Å². The number of benzene rings is 2. The van der Waals surface area contributed by atoms with Crippen LogP contribution in [0.5, 0.6) is 5.75 Å². The van der Waals surface area contributed by atoms with Crippen molar-refractivity contribution in [2.45, 2.75) is 13.8 Å². The minimum absolute atomic E-state index is 0.00959. The summed E-state index contributed by atoms with van der Waals surface area (Å²) in [7, 11) is 0. The van der Waals surface area contributed by atoms with Crippen LogP contribution in [0.25, 0.3) is 10.8 Å². The van der Waals surface area contributed by atoms with Crippen LogP contribution in [0.4, 0.5) is 0 Å². The third-order valence-electron chi connectivity index (χ3n) is 3.53. The van der Waals surface area contributed by atoms with Gasteiger partial charge in [-0.2, -0.15) is 5.26 Å². The van der Waals surface area contributed by atoms with E-state index in [9.17, 15) is 4.79 Å². The zero-order valence-corrected chi connectivity index (χ0v) is 13.0. The summed E-state index contributed by atoms with van der Waals surface area (Å²) in [6.07, 6.45) is 0. The Morgan fingerprint density at radius 1 is 1.27 bits per heavy atom. The van der Waals surface area contributed by atoms with E-state index in [1.165, 1.54) is 0 Å². The lowest BCUT2D eigenvalue weighted by molar-refractivity contribution is -0.133. The van der Waals surface area contributed by atoms with Crippen molar-refractivity contribution in [1.82, 2.24) is 4.90 Å². The molecule has 1 amide bonds. The number of ether oxygens (including phenoxy) is 1. The van der Waals surface area contributed by atoms with Gasteiger partial charge in [0.2, 0.25) is 0 Å². The van der Waals surface area contributed by atoms with Gasteiger partial charge in [0.25, 0.3) is 5.91 Å². The van der Waals surface area contributed by atoms with Crippen molar-refractivity contribution in [3.8, 4) is 11.8 Å². The van der Waals surface area contributed by atoms with Gasteiger partial charge in [0.05, 0.1) is 12.0 Å². The Kier molecular flexibility index (Phi) is 5.37. The zero-order chi connectivity index (χ0) is 15.9. The molecular weight excluding hydrogens is 276 g/mol. The third-order valence-corrected chi connectivity index (χ3v) is 3.53. The number of carbonyl (C=O) groups excluding carboxylic acids is 1. The summed E-state index contributed by atoms with van der Waals surface area (Å²) in [4.78, 5) is 13.8. The number of amides is 1. The Hall–Kier alpha value is -2.54. The van der Waals surface area contributed by atoms with Gasteiger partial charge in [0, 0.05) is 13.1 Å². The summed E-state index contributed by atoms with van der Waals surface area (Å²) < 4.78 is 5.60. The predicted molar refractivity (Wildman–Crippen MR) is 86.5 cm³/mol. The second-order valence-corrected chi connectivity index (χ2v) is 5.26. The van der Waals surface area contributed by atoms with Gasteiger partial charge in [-0.25, -0.2) is 0 Å². The average Bonchev–Trinajstić information content (AvgIpc) is 2.57. The lowest BCUT2D eigenvalue weighted by atomic mass is 10.1. The van der Waals surface area contributed by atoms with E-state index >= 15 is 0 Å². The Labute approximate surface area is 130 Å². The topological polar surface area (TPSA) is 53.3 Å². The van der Waals surface area contributed by atoms with Crippen molar-refractivity contribution < 1.29 is 9.53 Å². The maximum absolute atomic E-state index is 12.2. The number of nitriles is 1. The Bertz CT molecular complexity index is 691. The minimum Gasteiger partial charge on any atom is -0.484 e. The Balaban J connectivity index is 1.98. The quantitative estimate of drug-likeness (QED) is 0.822. The number of fused-ring (bicyclic) bond motifs is 1. The summed E-state index contributed by atoms with van der Waals surface area (Å²) >= 11 is 0. The highest BCUT2D eigenvalue weighted by Gasteiger charge is 2.15. The smallest absolute Gasteiger partial charge is 0.260 e. The summed E-state index contributed by atoms with van der Waals surface area (Å²) in [5, 5.41) is 11.1. The van der Waals surface area contributed by atoms with Crippen LogP contribution in [-0.2, 0) is 4.79 Å². The number of hydrogen-bond acceptors (Lipinski definition) is 3. The lowest BCUT2D eigenvalue weighted by Gasteiger charge is -2.22. The van der Waals surface area contributed by atoms with Crippen molar-refractivity contribution in [2.24, 2.45) is 5.92 Å². The first-order valence-corrected chi connectivity index (χ1v) is 7.43. The standard InChI is InChI=1S/C18H20N2O2/c1-3-20(12-14(2)11-19)18(21)13-22-17-9-8-15-6-4-5-7-16(15)10-17/h4-10,14H,3,12-13H2,1-2H3. The van der Waals surface area contributed by atoms with Crippen LogP contribution < -0.4 is 4.74 Å². The molecule has 0 bridgehead atoms. The van der Waals surface area contributed by atoms with Gasteiger partial charge >= 0.3 is 0 Å². The largest absolute Gasteiger partial charge is 0.484 e. The van der Waals surface area contributed by atoms with E-state index in [0.29, 0.717) is 18.8 Å². The molecule has 1 unspecified atom stereocenters. The van der Waals surface area contributed by atoms with Crippen LogP contribution in [0.2, 0.25) is 0 Å². The molecule has 1 atom stereocenters. The molecule has 4 heteroatoms. The first-order valence-electron chi connectivity index (χ1n) is 7.43. The number of rotatable bonds is 6. The molecule has 2 aromatic carbocycles. The molecule has 0 aliphatic carbocycles. The molecule has 0 N–H and O–H groups in total. The van der Waals surface area contributed by atoms with Gasteiger partial charge in [0.1, 0.15) is 5.75 Å². The fraction of sp³-hybridized carbons (Fsp3) is 0.333. The summed E-state index contributed by atoms with van der Waals surface area (Å²) in [6.45, 7) is 4.71. The minimum atomic E-state index is -0.176. The molecule has 0 radical (unpaired) electrons. The second kappa shape index (κ2) is 7.46. The summed E-state index contributed by atoms with van der Waals surface area (Å²) in [6, 6.07) is 15.9. The normalized spacial score (nSPS) is 11.7. The molecule has 4 nitrogen and oxygen atoms in total. The van der Waals surface area contributed by atoms with E-state index in [2.05, 4.69) is 6.07 Å². The van der Waals surface area contributed by atoms with E-state index in [1.54, 1.807) is 11.8 Å². The van der Waals surface area contributed by atoms with Crippen molar-refractivity contribution in [3.63, 3.8) is 0 Å². The molecule has 0 saturated carbocycles. The van der Waals surface area contributed by atoms with Crippen LogP contribution in [-0.4, -0.2) is 30.5 Å². The molecule has 0 fully saturated rings. The predicted octanol–water partition coefficient (Wildman–Crippen LogP) is 3.23. The van der Waals surface area contributed by atoms with Crippen LogP contribution >= 0.6 is 0 Å². The maximum Gasteiger partial charge on any atom is 0.260 e. The Morgan fingerprint density at radius 2 is 2.00 bits per heavy atom.